The van der Waals surface area contributed by atoms with Gasteiger partial charge in [-0.1, -0.05) is 24.3 Å². The Morgan fingerprint density at radius 3 is 2.22 bits per heavy atom. The Hall–Kier alpha value is -1.53. The van der Waals surface area contributed by atoms with E-state index in [4.69, 9.17) is 14.0 Å². The van der Waals surface area contributed by atoms with Crippen molar-refractivity contribution in [2.45, 2.75) is 85.2 Å². The maximum absolute atomic E-state index is 12.6. The highest BCUT2D eigenvalue weighted by Gasteiger charge is 2.51. The molecule has 0 N–H and O–H groups in total. The fourth-order valence-electron chi connectivity index (χ4n) is 3.10. The number of ether oxygens (including phenoxy) is 1. The van der Waals surface area contributed by atoms with E-state index < -0.39 is 7.12 Å². The van der Waals surface area contributed by atoms with Gasteiger partial charge in [0, 0.05) is 12.1 Å². The molecule has 0 bridgehead atoms. The third-order valence-corrected chi connectivity index (χ3v) is 5.53. The summed E-state index contributed by atoms with van der Waals surface area (Å²) in [6, 6.07) is 7.88. The summed E-state index contributed by atoms with van der Waals surface area (Å²) < 4.78 is 18.0. The molecule has 1 saturated heterocycles. The molecule has 1 fully saturated rings. The zero-order valence-corrected chi connectivity index (χ0v) is 18.3. The molecule has 1 heterocycles. The monoisotopic (exact) mass is 375 g/mol. The first kappa shape index (κ1) is 21.8. The Kier molecular flexibility index (Phi) is 6.03. The molecule has 0 aromatic heterocycles. The van der Waals surface area contributed by atoms with Gasteiger partial charge in [-0.05, 0) is 73.3 Å². The molecule has 0 saturated carbocycles. The Bertz CT molecular complexity index is 665. The lowest BCUT2D eigenvalue weighted by Crippen LogP contribution is -2.45. The predicted molar refractivity (Wildman–Crippen MR) is 109 cm³/mol. The van der Waals surface area contributed by atoms with Crippen LogP contribution in [0.15, 0.2) is 24.3 Å². The van der Waals surface area contributed by atoms with Gasteiger partial charge in [0.1, 0.15) is 6.10 Å². The largest absolute Gasteiger partial charge is 0.494 e. The quantitative estimate of drug-likeness (QED) is 0.736. The van der Waals surface area contributed by atoms with Gasteiger partial charge < -0.3 is 18.9 Å². The summed E-state index contributed by atoms with van der Waals surface area (Å²) in [6.45, 7) is 18.6. The number of amides is 1. The summed E-state index contributed by atoms with van der Waals surface area (Å²) in [5.74, 6) is 0. The van der Waals surface area contributed by atoms with Crippen LogP contribution in [0.25, 0.3) is 0 Å². The van der Waals surface area contributed by atoms with Gasteiger partial charge in [-0.3, -0.25) is 0 Å². The van der Waals surface area contributed by atoms with Crippen molar-refractivity contribution in [3.05, 3.63) is 29.8 Å². The van der Waals surface area contributed by atoms with Crippen molar-refractivity contribution in [2.75, 3.05) is 6.54 Å². The van der Waals surface area contributed by atoms with Crippen LogP contribution in [0.3, 0.4) is 0 Å². The molecule has 1 aromatic rings. The van der Waals surface area contributed by atoms with Gasteiger partial charge >= 0.3 is 13.2 Å². The molecule has 0 radical (unpaired) electrons. The lowest BCUT2D eigenvalue weighted by atomic mass is 9.78. The molecule has 0 aliphatic carbocycles. The molecule has 1 amide bonds. The fraction of sp³-hybridized carbons (Fsp3) is 0.667. The zero-order valence-electron chi connectivity index (χ0n) is 18.3. The summed E-state index contributed by atoms with van der Waals surface area (Å²) in [6.07, 6.45) is -0.671. The van der Waals surface area contributed by atoms with Crippen LogP contribution in [-0.2, 0) is 14.0 Å². The molecule has 0 spiro atoms. The zero-order chi connectivity index (χ0) is 20.6. The molecule has 2 rings (SSSR count). The van der Waals surface area contributed by atoms with E-state index in [1.54, 1.807) is 4.90 Å². The Morgan fingerprint density at radius 1 is 1.19 bits per heavy atom. The first-order valence-corrected chi connectivity index (χ1v) is 9.72. The van der Waals surface area contributed by atoms with Crippen molar-refractivity contribution >= 4 is 18.7 Å². The second-order valence-corrected chi connectivity index (χ2v) is 9.20. The number of carbonyl (C=O) groups is 1. The summed E-state index contributed by atoms with van der Waals surface area (Å²) in [5.41, 5.74) is 0.786. The Morgan fingerprint density at radius 2 is 1.74 bits per heavy atom. The lowest BCUT2D eigenvalue weighted by molar-refractivity contribution is 0.00578. The number of nitrogens with zero attached hydrogens (tertiary/aromatic N) is 1. The number of hydrogen-bond acceptors (Lipinski definition) is 4. The van der Waals surface area contributed by atoms with Crippen LogP contribution in [0.1, 0.15) is 74.0 Å². The van der Waals surface area contributed by atoms with Crippen molar-refractivity contribution in [3.8, 4) is 0 Å². The Labute approximate surface area is 164 Å². The molecule has 0 unspecified atom stereocenters. The summed E-state index contributed by atoms with van der Waals surface area (Å²) in [7, 11) is -0.431. The number of rotatable bonds is 4. The van der Waals surface area contributed by atoms with E-state index in [0.29, 0.717) is 6.54 Å². The summed E-state index contributed by atoms with van der Waals surface area (Å²) in [4.78, 5) is 14.3. The minimum absolute atomic E-state index is 0.282. The number of hydrogen-bond donors (Lipinski definition) is 0. The lowest BCUT2D eigenvalue weighted by Gasteiger charge is -2.34. The molecule has 1 aliphatic rings. The third-order valence-electron chi connectivity index (χ3n) is 5.53. The van der Waals surface area contributed by atoms with Gasteiger partial charge in [-0.25, -0.2) is 4.79 Å². The van der Waals surface area contributed by atoms with E-state index in [-0.39, 0.29) is 28.9 Å². The van der Waals surface area contributed by atoms with E-state index in [1.165, 1.54) is 0 Å². The van der Waals surface area contributed by atoms with Gasteiger partial charge in [0.25, 0.3) is 0 Å². The standard InChI is InChI=1S/C21H34BNO4/c1-10-23(19(3,4)5)18(24)25-15(2)16-12-11-13-17(14-16)22-26-20(6,7)21(8,9)27-22/h11-15H,10H2,1-9H3/t15-/m1/s1. The topological polar surface area (TPSA) is 48.0 Å². The van der Waals surface area contributed by atoms with Crippen LogP contribution < -0.4 is 5.46 Å². The normalized spacial score (nSPS) is 19.7. The first-order chi connectivity index (χ1) is 12.3. The smallest absolute Gasteiger partial charge is 0.442 e. The van der Waals surface area contributed by atoms with E-state index in [0.717, 1.165) is 11.0 Å². The minimum atomic E-state index is -0.431. The van der Waals surface area contributed by atoms with Crippen LogP contribution in [0, 0.1) is 0 Å². The van der Waals surface area contributed by atoms with Crippen molar-refractivity contribution < 1.29 is 18.8 Å². The highest BCUT2D eigenvalue weighted by Crippen LogP contribution is 2.36. The van der Waals surface area contributed by atoms with Crippen molar-refractivity contribution in [1.29, 1.82) is 0 Å². The van der Waals surface area contributed by atoms with E-state index >= 15 is 0 Å². The van der Waals surface area contributed by atoms with E-state index in [1.807, 2.05) is 86.6 Å². The minimum Gasteiger partial charge on any atom is -0.442 e. The number of carbonyl (C=O) groups excluding carboxylic acids is 1. The summed E-state index contributed by atoms with van der Waals surface area (Å²) >= 11 is 0. The second-order valence-electron chi connectivity index (χ2n) is 9.20. The molecular weight excluding hydrogens is 341 g/mol. The molecule has 6 heteroatoms. The first-order valence-electron chi connectivity index (χ1n) is 9.72. The highest BCUT2D eigenvalue weighted by molar-refractivity contribution is 6.62. The van der Waals surface area contributed by atoms with Crippen LogP contribution in [0.5, 0.6) is 0 Å². The molecule has 5 nitrogen and oxygen atoms in total. The SMILES string of the molecule is CCN(C(=O)O[C@H](C)c1cccc(B2OC(C)(C)C(C)(C)O2)c1)C(C)(C)C. The van der Waals surface area contributed by atoms with Gasteiger partial charge in [0.15, 0.2) is 0 Å². The maximum Gasteiger partial charge on any atom is 0.494 e. The Balaban J connectivity index is 2.15. The van der Waals surface area contributed by atoms with Gasteiger partial charge in [0.05, 0.1) is 11.2 Å². The van der Waals surface area contributed by atoms with E-state index in [2.05, 4.69) is 0 Å². The van der Waals surface area contributed by atoms with Crippen molar-refractivity contribution in [1.82, 2.24) is 4.90 Å². The van der Waals surface area contributed by atoms with Gasteiger partial charge in [0.2, 0.25) is 0 Å². The third kappa shape index (κ3) is 4.67. The molecule has 1 aromatic carbocycles. The molecule has 150 valence electrons. The van der Waals surface area contributed by atoms with Gasteiger partial charge in [-0.15, -0.1) is 0 Å². The van der Waals surface area contributed by atoms with Crippen LogP contribution in [0.2, 0.25) is 0 Å². The summed E-state index contributed by atoms with van der Waals surface area (Å²) in [5, 5.41) is 0. The molecular formula is C21H34BNO4. The van der Waals surface area contributed by atoms with E-state index in [9.17, 15) is 4.79 Å². The van der Waals surface area contributed by atoms with Gasteiger partial charge in [-0.2, -0.15) is 0 Å². The second kappa shape index (κ2) is 7.48. The maximum atomic E-state index is 12.6. The van der Waals surface area contributed by atoms with Crippen LogP contribution in [-0.4, -0.2) is 41.4 Å². The molecule has 1 aliphatic heterocycles. The van der Waals surface area contributed by atoms with Crippen molar-refractivity contribution in [2.24, 2.45) is 0 Å². The number of benzene rings is 1. The van der Waals surface area contributed by atoms with Crippen molar-refractivity contribution in [3.63, 3.8) is 0 Å². The average molecular weight is 375 g/mol. The molecule has 27 heavy (non-hydrogen) atoms. The predicted octanol–water partition coefficient (Wildman–Crippen LogP) is 4.30. The average Bonchev–Trinajstić information content (AvgIpc) is 2.74. The van der Waals surface area contributed by atoms with Crippen LogP contribution in [0.4, 0.5) is 4.79 Å². The fourth-order valence-corrected chi connectivity index (χ4v) is 3.10. The highest BCUT2D eigenvalue weighted by atomic mass is 16.7. The van der Waals surface area contributed by atoms with Crippen LogP contribution >= 0.6 is 0 Å². The molecule has 1 atom stereocenters.